The van der Waals surface area contributed by atoms with Crippen LogP contribution in [0.4, 0.5) is 0 Å². The van der Waals surface area contributed by atoms with Gasteiger partial charge in [0.05, 0.1) is 22.8 Å². The first-order chi connectivity index (χ1) is 6.67. The highest BCUT2D eigenvalue weighted by Gasteiger charge is 2.01. The Morgan fingerprint density at radius 2 is 2.07 bits per heavy atom. The van der Waals surface area contributed by atoms with Crippen LogP contribution in [0.2, 0.25) is 0 Å². The highest BCUT2D eigenvalue weighted by Crippen LogP contribution is 1.87. The van der Waals surface area contributed by atoms with Crippen molar-refractivity contribution in [3.05, 3.63) is 22.6 Å². The summed E-state index contributed by atoms with van der Waals surface area (Å²) >= 11 is 0. The maximum absolute atomic E-state index is 10.4. The van der Waals surface area contributed by atoms with Crippen molar-refractivity contribution in [3.8, 4) is 0 Å². The van der Waals surface area contributed by atoms with E-state index in [0.717, 1.165) is 10.7 Å². The number of nitrogens with zero attached hydrogens (tertiary/aromatic N) is 2. The minimum atomic E-state index is -0.894. The second-order valence-electron chi connectivity index (χ2n) is 2.78. The van der Waals surface area contributed by atoms with Crippen LogP contribution in [0.1, 0.15) is 19.5 Å². The summed E-state index contributed by atoms with van der Waals surface area (Å²) in [4.78, 5) is 18.7. The number of hydrogen-bond donors (Lipinski definition) is 1. The molecule has 0 saturated carbocycles. The van der Waals surface area contributed by atoms with Crippen LogP contribution in [0.15, 0.2) is 6.20 Å². The van der Waals surface area contributed by atoms with Crippen LogP contribution in [0.25, 0.3) is 12.2 Å². The molecule has 1 aromatic heterocycles. The Morgan fingerprint density at radius 3 is 2.57 bits per heavy atom. The molecule has 1 aromatic rings. The Labute approximate surface area is 81.6 Å². The van der Waals surface area contributed by atoms with Crippen LogP contribution in [0.3, 0.4) is 0 Å². The molecule has 74 valence electrons. The molecule has 1 N–H and O–H groups in total. The zero-order chi connectivity index (χ0) is 10.6. The standard InChI is InChI=1S/C10H12N2O2/c1-3-8-9(4-2)12-7(6-11-8)5-10(13)14/h3-4,6H,5H2,1-2H3,(H,13,14)/b8-3+,9-4+. The third-order valence-electron chi connectivity index (χ3n) is 1.76. The number of carboxylic acids is 1. The van der Waals surface area contributed by atoms with Crippen molar-refractivity contribution in [3.63, 3.8) is 0 Å². The number of rotatable bonds is 2. The smallest absolute Gasteiger partial charge is 0.309 e. The van der Waals surface area contributed by atoms with Gasteiger partial charge in [0.25, 0.3) is 0 Å². The Kier molecular flexibility index (Phi) is 3.34. The van der Waals surface area contributed by atoms with Crippen LogP contribution in [0.5, 0.6) is 0 Å². The summed E-state index contributed by atoms with van der Waals surface area (Å²) in [6.45, 7) is 3.72. The van der Waals surface area contributed by atoms with E-state index in [0.29, 0.717) is 5.69 Å². The van der Waals surface area contributed by atoms with E-state index in [-0.39, 0.29) is 6.42 Å². The van der Waals surface area contributed by atoms with Gasteiger partial charge in [-0.1, -0.05) is 12.2 Å². The number of carbonyl (C=O) groups is 1. The molecule has 0 unspecified atom stereocenters. The van der Waals surface area contributed by atoms with Crippen molar-refractivity contribution >= 4 is 18.1 Å². The van der Waals surface area contributed by atoms with Gasteiger partial charge in [0, 0.05) is 6.20 Å². The lowest BCUT2D eigenvalue weighted by Gasteiger charge is -1.95. The monoisotopic (exact) mass is 192 g/mol. The normalized spacial score (nSPS) is 13.3. The van der Waals surface area contributed by atoms with E-state index in [9.17, 15) is 4.79 Å². The largest absolute Gasteiger partial charge is 0.481 e. The van der Waals surface area contributed by atoms with Crippen LogP contribution in [-0.4, -0.2) is 21.0 Å². The quantitative estimate of drug-likeness (QED) is 0.699. The zero-order valence-corrected chi connectivity index (χ0v) is 8.19. The summed E-state index contributed by atoms with van der Waals surface area (Å²) in [5, 5.41) is 10.1. The fourth-order valence-electron chi connectivity index (χ4n) is 1.13. The Balaban J connectivity index is 3.23. The maximum atomic E-state index is 10.4. The molecule has 0 fully saturated rings. The second-order valence-corrected chi connectivity index (χ2v) is 2.78. The van der Waals surface area contributed by atoms with Crippen molar-refractivity contribution in [2.24, 2.45) is 0 Å². The first-order valence-electron chi connectivity index (χ1n) is 4.33. The summed E-state index contributed by atoms with van der Waals surface area (Å²) in [6.07, 6.45) is 5.06. The molecule has 4 heteroatoms. The first kappa shape index (κ1) is 10.4. The van der Waals surface area contributed by atoms with Crippen LogP contribution in [0, 0.1) is 0 Å². The lowest BCUT2D eigenvalue weighted by Crippen LogP contribution is -2.32. The maximum Gasteiger partial charge on any atom is 0.309 e. The Bertz CT molecular complexity index is 452. The lowest BCUT2D eigenvalue weighted by molar-refractivity contribution is -0.136. The molecular weight excluding hydrogens is 180 g/mol. The zero-order valence-electron chi connectivity index (χ0n) is 8.19. The van der Waals surface area contributed by atoms with Crippen molar-refractivity contribution in [1.29, 1.82) is 0 Å². The average molecular weight is 192 g/mol. The second kappa shape index (κ2) is 4.50. The van der Waals surface area contributed by atoms with Gasteiger partial charge >= 0.3 is 5.97 Å². The van der Waals surface area contributed by atoms with Gasteiger partial charge in [-0.2, -0.15) is 0 Å². The molecule has 0 radical (unpaired) electrons. The number of aromatic nitrogens is 2. The molecular formula is C10H12N2O2. The summed E-state index contributed by atoms with van der Waals surface area (Å²) < 4.78 is 0. The van der Waals surface area contributed by atoms with Gasteiger partial charge in [-0.3, -0.25) is 9.78 Å². The molecule has 0 amide bonds. The number of carboxylic acid groups (broad SMARTS) is 1. The Hall–Kier alpha value is -1.71. The van der Waals surface area contributed by atoms with Crippen molar-refractivity contribution in [1.82, 2.24) is 9.97 Å². The number of hydrogen-bond acceptors (Lipinski definition) is 3. The molecule has 0 aliphatic heterocycles. The van der Waals surface area contributed by atoms with Gasteiger partial charge in [0.15, 0.2) is 0 Å². The molecule has 4 nitrogen and oxygen atoms in total. The van der Waals surface area contributed by atoms with Crippen molar-refractivity contribution < 1.29 is 9.90 Å². The SMILES string of the molecule is C/C=c1/ncc(CC(=O)O)n/c1=C/C. The highest BCUT2D eigenvalue weighted by molar-refractivity contribution is 5.69. The first-order valence-corrected chi connectivity index (χ1v) is 4.33. The van der Waals surface area contributed by atoms with Crippen molar-refractivity contribution in [2.75, 3.05) is 0 Å². The van der Waals surface area contributed by atoms with Crippen molar-refractivity contribution in [2.45, 2.75) is 20.3 Å². The molecule has 0 aliphatic carbocycles. The van der Waals surface area contributed by atoms with Crippen LogP contribution >= 0.6 is 0 Å². The van der Waals surface area contributed by atoms with Gasteiger partial charge in [0.1, 0.15) is 0 Å². The van der Waals surface area contributed by atoms with Gasteiger partial charge in [0.2, 0.25) is 0 Å². The molecule has 0 aliphatic rings. The van der Waals surface area contributed by atoms with Gasteiger partial charge in [-0.15, -0.1) is 0 Å². The molecule has 0 saturated heterocycles. The van der Waals surface area contributed by atoms with E-state index >= 15 is 0 Å². The lowest BCUT2D eigenvalue weighted by atomic mass is 10.3. The minimum absolute atomic E-state index is 0.0855. The van der Waals surface area contributed by atoms with E-state index < -0.39 is 5.97 Å². The Morgan fingerprint density at radius 1 is 1.43 bits per heavy atom. The summed E-state index contributed by atoms with van der Waals surface area (Å²) in [5.74, 6) is -0.894. The summed E-state index contributed by atoms with van der Waals surface area (Å²) in [7, 11) is 0. The topological polar surface area (TPSA) is 63.1 Å². The highest BCUT2D eigenvalue weighted by atomic mass is 16.4. The van der Waals surface area contributed by atoms with E-state index in [1.54, 1.807) is 0 Å². The van der Waals surface area contributed by atoms with E-state index in [1.165, 1.54) is 6.20 Å². The van der Waals surface area contributed by atoms with Crippen LogP contribution < -0.4 is 10.7 Å². The number of aliphatic carboxylic acids is 1. The van der Waals surface area contributed by atoms with Gasteiger partial charge in [-0.05, 0) is 13.8 Å². The van der Waals surface area contributed by atoms with Gasteiger partial charge < -0.3 is 5.11 Å². The minimum Gasteiger partial charge on any atom is -0.481 e. The third-order valence-corrected chi connectivity index (χ3v) is 1.76. The fourth-order valence-corrected chi connectivity index (χ4v) is 1.13. The molecule has 0 spiro atoms. The fraction of sp³-hybridized carbons (Fsp3) is 0.300. The third kappa shape index (κ3) is 2.39. The predicted octanol–water partition coefficient (Wildman–Crippen LogP) is -0.296. The average Bonchev–Trinajstić information content (AvgIpc) is 2.16. The molecule has 0 bridgehead atoms. The predicted molar refractivity (Wildman–Crippen MR) is 52.9 cm³/mol. The summed E-state index contributed by atoms with van der Waals surface area (Å²) in [5.41, 5.74) is 0.483. The molecule has 0 aromatic carbocycles. The summed E-state index contributed by atoms with van der Waals surface area (Å²) in [6, 6.07) is 0. The van der Waals surface area contributed by atoms with Gasteiger partial charge in [-0.25, -0.2) is 4.98 Å². The van der Waals surface area contributed by atoms with E-state index in [1.807, 2.05) is 26.0 Å². The molecule has 0 atom stereocenters. The van der Waals surface area contributed by atoms with E-state index in [4.69, 9.17) is 5.11 Å². The molecule has 14 heavy (non-hydrogen) atoms. The molecule has 1 heterocycles. The molecule has 1 rings (SSSR count). The van der Waals surface area contributed by atoms with E-state index in [2.05, 4.69) is 9.97 Å². The van der Waals surface area contributed by atoms with Crippen LogP contribution in [-0.2, 0) is 11.2 Å².